The molecule has 0 aliphatic heterocycles. The molecule has 22 heavy (non-hydrogen) atoms. The van der Waals surface area contributed by atoms with Gasteiger partial charge in [0.2, 0.25) is 0 Å². The second-order valence-electron chi connectivity index (χ2n) is 4.77. The van der Waals surface area contributed by atoms with Crippen LogP contribution in [-0.2, 0) is 0 Å². The van der Waals surface area contributed by atoms with Gasteiger partial charge in [-0.15, -0.1) is 0 Å². The Bertz CT molecular complexity index is 667. The smallest absolute Gasteiger partial charge is 0.137 e. The van der Waals surface area contributed by atoms with E-state index in [0.717, 1.165) is 26.8 Å². The van der Waals surface area contributed by atoms with Gasteiger partial charge in [-0.2, -0.15) is 0 Å². The van der Waals surface area contributed by atoms with Gasteiger partial charge in [-0.3, -0.25) is 4.99 Å². The third kappa shape index (κ3) is 4.23. The highest BCUT2D eigenvalue weighted by Crippen LogP contribution is 2.28. The first kappa shape index (κ1) is 17.3. The van der Waals surface area contributed by atoms with E-state index < -0.39 is 0 Å². The van der Waals surface area contributed by atoms with Crippen LogP contribution in [0.5, 0.6) is 5.75 Å². The average Bonchev–Trinajstić information content (AvgIpc) is 2.52. The van der Waals surface area contributed by atoms with E-state index in [0.29, 0.717) is 5.56 Å². The lowest BCUT2D eigenvalue weighted by Crippen LogP contribution is -2.21. The second-order valence-corrected chi connectivity index (χ2v) is 6.85. The van der Waals surface area contributed by atoms with Crippen LogP contribution in [0.1, 0.15) is 19.4 Å². The summed E-state index contributed by atoms with van der Waals surface area (Å²) in [7, 11) is 0. The summed E-state index contributed by atoms with van der Waals surface area (Å²) in [5.74, 6) is 0.257. The molecule has 0 heterocycles. The first-order valence-electron chi connectivity index (χ1n) is 7.12. The fraction of sp³-hybridized carbons (Fsp3) is 0.235. The van der Waals surface area contributed by atoms with Crippen molar-refractivity contribution in [2.45, 2.75) is 13.8 Å². The highest BCUT2D eigenvalue weighted by Gasteiger charge is 2.05. The average molecular weight is 473 g/mol. The maximum absolute atomic E-state index is 10.1. The molecule has 0 atom stereocenters. The number of nitrogens with zero attached hydrogens (tertiary/aromatic N) is 2. The van der Waals surface area contributed by atoms with Gasteiger partial charge in [0, 0.05) is 35.0 Å². The summed E-state index contributed by atoms with van der Waals surface area (Å²) in [4.78, 5) is 6.73. The van der Waals surface area contributed by atoms with E-state index in [1.54, 1.807) is 6.21 Å². The van der Waals surface area contributed by atoms with Crippen molar-refractivity contribution < 1.29 is 5.11 Å². The van der Waals surface area contributed by atoms with Crippen molar-refractivity contribution in [3.8, 4) is 5.75 Å². The van der Waals surface area contributed by atoms with Crippen LogP contribution < -0.4 is 4.90 Å². The molecule has 0 saturated carbocycles. The Hall–Kier alpha value is -1.08. The number of phenolic OH excluding ortho intramolecular Hbond substituents is 1. The van der Waals surface area contributed by atoms with Crippen molar-refractivity contribution in [2.75, 3.05) is 18.0 Å². The van der Waals surface area contributed by atoms with E-state index in [1.165, 1.54) is 5.69 Å². The summed E-state index contributed by atoms with van der Waals surface area (Å²) in [6.07, 6.45) is 1.69. The molecular formula is C17H18BrIN2O. The molecule has 2 rings (SSSR count). The molecule has 2 aromatic carbocycles. The normalized spacial score (nSPS) is 11.1. The molecule has 5 heteroatoms. The molecular weight excluding hydrogens is 455 g/mol. The lowest BCUT2D eigenvalue weighted by atomic mass is 10.2. The van der Waals surface area contributed by atoms with Gasteiger partial charge in [-0.25, -0.2) is 0 Å². The number of aromatic hydroxyl groups is 1. The van der Waals surface area contributed by atoms with Gasteiger partial charge in [0.05, 0.1) is 9.26 Å². The monoisotopic (exact) mass is 472 g/mol. The van der Waals surface area contributed by atoms with Crippen LogP contribution in [0.25, 0.3) is 0 Å². The van der Waals surface area contributed by atoms with Crippen LogP contribution in [0.4, 0.5) is 11.4 Å². The Labute approximate surface area is 153 Å². The van der Waals surface area contributed by atoms with E-state index in [1.807, 2.05) is 24.3 Å². The number of benzene rings is 2. The fourth-order valence-corrected chi connectivity index (χ4v) is 3.72. The molecule has 116 valence electrons. The van der Waals surface area contributed by atoms with Crippen molar-refractivity contribution in [2.24, 2.45) is 4.99 Å². The molecule has 0 amide bonds. The predicted octanol–water partition coefficient (Wildman–Crippen LogP) is 5.36. The SMILES string of the molecule is CCN(CC)c1ccc(N=Cc2cc(Br)cc(I)c2O)cc1. The Morgan fingerprint density at radius 2 is 1.82 bits per heavy atom. The summed E-state index contributed by atoms with van der Waals surface area (Å²) in [5.41, 5.74) is 2.76. The van der Waals surface area contributed by atoms with Crippen LogP contribution in [0.3, 0.4) is 0 Å². The van der Waals surface area contributed by atoms with Gasteiger partial charge < -0.3 is 10.0 Å². The highest BCUT2D eigenvalue weighted by atomic mass is 127. The second kappa shape index (κ2) is 7.97. The van der Waals surface area contributed by atoms with Crippen LogP contribution in [0, 0.1) is 3.57 Å². The minimum atomic E-state index is 0.257. The zero-order valence-corrected chi connectivity index (χ0v) is 16.3. The predicted molar refractivity (Wildman–Crippen MR) is 106 cm³/mol. The van der Waals surface area contributed by atoms with Gasteiger partial charge in [0.1, 0.15) is 5.75 Å². The number of hydrogen-bond donors (Lipinski definition) is 1. The molecule has 1 N–H and O–H groups in total. The molecule has 2 aromatic rings. The van der Waals surface area contributed by atoms with Crippen LogP contribution in [0.15, 0.2) is 45.9 Å². The summed E-state index contributed by atoms with van der Waals surface area (Å²) < 4.78 is 1.72. The minimum Gasteiger partial charge on any atom is -0.506 e. The van der Waals surface area contributed by atoms with E-state index in [9.17, 15) is 5.11 Å². The number of anilines is 1. The zero-order valence-electron chi connectivity index (χ0n) is 12.6. The van der Waals surface area contributed by atoms with Crippen LogP contribution in [-0.4, -0.2) is 24.4 Å². The van der Waals surface area contributed by atoms with Crippen LogP contribution >= 0.6 is 38.5 Å². The van der Waals surface area contributed by atoms with Crippen molar-refractivity contribution in [3.05, 3.63) is 50.0 Å². The Kier molecular flexibility index (Phi) is 6.26. The first-order valence-corrected chi connectivity index (χ1v) is 8.99. The number of aliphatic imine (C=N–C) groups is 1. The maximum atomic E-state index is 10.1. The summed E-state index contributed by atoms with van der Waals surface area (Å²) in [6.45, 7) is 6.27. The summed E-state index contributed by atoms with van der Waals surface area (Å²) in [6, 6.07) is 11.8. The number of hydrogen-bond acceptors (Lipinski definition) is 3. The van der Waals surface area contributed by atoms with Gasteiger partial charge in [-0.1, -0.05) is 15.9 Å². The first-order chi connectivity index (χ1) is 10.5. The standard InChI is InChI=1S/C17H18BrIN2O/c1-3-21(4-2)15-7-5-14(6-8-15)20-11-12-9-13(18)10-16(19)17(12)22/h5-11,22H,3-4H2,1-2H3. The molecule has 0 aliphatic carbocycles. The van der Waals surface area contributed by atoms with Gasteiger partial charge in [0.25, 0.3) is 0 Å². The van der Waals surface area contributed by atoms with Crippen LogP contribution in [0.2, 0.25) is 0 Å². The molecule has 0 fully saturated rings. The quantitative estimate of drug-likeness (QED) is 0.470. The zero-order chi connectivity index (χ0) is 16.1. The molecule has 0 bridgehead atoms. The number of halogens is 2. The number of phenols is 1. The molecule has 3 nitrogen and oxygen atoms in total. The van der Waals surface area contributed by atoms with Gasteiger partial charge in [-0.05, 0) is 72.8 Å². The molecule has 0 aromatic heterocycles. The Balaban J connectivity index is 2.21. The fourth-order valence-electron chi connectivity index (χ4n) is 2.17. The lowest BCUT2D eigenvalue weighted by molar-refractivity contribution is 0.470. The van der Waals surface area contributed by atoms with Crippen molar-refractivity contribution >= 4 is 56.1 Å². The molecule has 0 radical (unpaired) electrons. The van der Waals surface area contributed by atoms with Gasteiger partial charge in [0.15, 0.2) is 0 Å². The van der Waals surface area contributed by atoms with E-state index in [-0.39, 0.29) is 5.75 Å². The molecule has 0 aliphatic rings. The largest absolute Gasteiger partial charge is 0.506 e. The summed E-state index contributed by atoms with van der Waals surface area (Å²) >= 11 is 5.53. The van der Waals surface area contributed by atoms with Crippen molar-refractivity contribution in [1.29, 1.82) is 0 Å². The lowest BCUT2D eigenvalue weighted by Gasteiger charge is -2.20. The van der Waals surface area contributed by atoms with E-state index >= 15 is 0 Å². The minimum absolute atomic E-state index is 0.257. The van der Waals surface area contributed by atoms with Gasteiger partial charge >= 0.3 is 0 Å². The third-order valence-corrected chi connectivity index (χ3v) is 4.67. The van der Waals surface area contributed by atoms with Crippen molar-refractivity contribution in [3.63, 3.8) is 0 Å². The van der Waals surface area contributed by atoms with Crippen molar-refractivity contribution in [1.82, 2.24) is 0 Å². The Morgan fingerprint density at radius 1 is 1.18 bits per heavy atom. The molecule has 0 saturated heterocycles. The maximum Gasteiger partial charge on any atom is 0.137 e. The Morgan fingerprint density at radius 3 is 2.41 bits per heavy atom. The topological polar surface area (TPSA) is 35.8 Å². The highest BCUT2D eigenvalue weighted by molar-refractivity contribution is 14.1. The third-order valence-electron chi connectivity index (χ3n) is 3.39. The number of rotatable bonds is 5. The molecule has 0 spiro atoms. The van der Waals surface area contributed by atoms with E-state index in [2.05, 4.69) is 74.4 Å². The van der Waals surface area contributed by atoms with E-state index in [4.69, 9.17) is 0 Å². The molecule has 0 unspecified atom stereocenters. The summed E-state index contributed by atoms with van der Waals surface area (Å²) in [5, 5.41) is 10.1.